The van der Waals surface area contributed by atoms with Gasteiger partial charge in [0, 0.05) is 24.5 Å². The Balaban J connectivity index is 1.86. The quantitative estimate of drug-likeness (QED) is 0.910. The van der Waals surface area contributed by atoms with E-state index < -0.39 is 6.10 Å². The Labute approximate surface area is 127 Å². The zero-order valence-electron chi connectivity index (χ0n) is 11.3. The van der Waals surface area contributed by atoms with Crippen molar-refractivity contribution >= 4 is 17.3 Å². The maximum atomic E-state index is 10.4. The first-order valence-corrected chi connectivity index (χ1v) is 6.98. The molecule has 6 heteroatoms. The monoisotopic (exact) mass is 306 g/mol. The number of nitrogens with zero attached hydrogens (tertiary/aromatic N) is 1. The molecule has 0 bridgehead atoms. The normalized spacial score (nSPS) is 14.8. The lowest BCUT2D eigenvalue weighted by Crippen LogP contribution is -2.16. The van der Waals surface area contributed by atoms with Crippen LogP contribution in [0.2, 0.25) is 5.02 Å². The van der Waals surface area contributed by atoms with E-state index in [2.05, 4.69) is 4.98 Å². The number of hydrogen-bond acceptors (Lipinski definition) is 5. The standard InChI is InChI=1S/C15H15ClN2O3/c16-11-5-9(7-14-15(11)21-4-3-20-14)13(19)6-10-8-18-2-1-12(10)17/h1-2,5,7-8,13,19H,3-4,6H2,(H2,17,18). The third kappa shape index (κ3) is 2.89. The van der Waals surface area contributed by atoms with Crippen molar-refractivity contribution in [3.8, 4) is 11.5 Å². The SMILES string of the molecule is Nc1ccncc1CC(O)c1cc(Cl)c2c(c1)OCCO2. The highest BCUT2D eigenvalue weighted by molar-refractivity contribution is 6.32. The fourth-order valence-electron chi connectivity index (χ4n) is 2.26. The Morgan fingerprint density at radius 1 is 1.33 bits per heavy atom. The molecule has 1 aromatic carbocycles. The lowest BCUT2D eigenvalue weighted by atomic mass is 10.0. The van der Waals surface area contributed by atoms with Crippen LogP contribution in [-0.2, 0) is 6.42 Å². The molecule has 0 saturated carbocycles. The van der Waals surface area contributed by atoms with Gasteiger partial charge in [0.05, 0.1) is 11.1 Å². The van der Waals surface area contributed by atoms with Gasteiger partial charge in [-0.05, 0) is 29.3 Å². The van der Waals surface area contributed by atoms with Crippen molar-refractivity contribution in [1.82, 2.24) is 4.98 Å². The fourth-order valence-corrected chi connectivity index (χ4v) is 2.53. The zero-order valence-corrected chi connectivity index (χ0v) is 12.0. The summed E-state index contributed by atoms with van der Waals surface area (Å²) in [4.78, 5) is 4.02. The number of rotatable bonds is 3. The number of nitrogen functional groups attached to an aromatic ring is 1. The van der Waals surface area contributed by atoms with Crippen LogP contribution in [0, 0.1) is 0 Å². The minimum Gasteiger partial charge on any atom is -0.486 e. The predicted octanol–water partition coefficient (Wildman–Crippen LogP) is 2.36. The maximum absolute atomic E-state index is 10.4. The molecule has 3 rings (SSSR count). The van der Waals surface area contributed by atoms with Crippen LogP contribution in [0.3, 0.4) is 0 Å². The highest BCUT2D eigenvalue weighted by atomic mass is 35.5. The summed E-state index contributed by atoms with van der Waals surface area (Å²) >= 11 is 6.17. The largest absolute Gasteiger partial charge is 0.486 e. The van der Waals surface area contributed by atoms with E-state index in [0.29, 0.717) is 47.4 Å². The molecule has 0 fully saturated rings. The minimum absolute atomic E-state index is 0.357. The molecule has 0 spiro atoms. The minimum atomic E-state index is -0.746. The number of nitrogens with two attached hydrogens (primary N) is 1. The summed E-state index contributed by atoms with van der Waals surface area (Å²) in [5, 5.41) is 10.8. The maximum Gasteiger partial charge on any atom is 0.179 e. The summed E-state index contributed by atoms with van der Waals surface area (Å²) in [5.41, 5.74) is 7.92. The fraction of sp³-hybridized carbons (Fsp3) is 0.267. The van der Waals surface area contributed by atoms with E-state index in [0.717, 1.165) is 5.56 Å². The molecule has 5 nitrogen and oxygen atoms in total. The van der Waals surface area contributed by atoms with Crippen LogP contribution in [0.1, 0.15) is 17.2 Å². The molecule has 1 unspecified atom stereocenters. The van der Waals surface area contributed by atoms with Crippen LogP contribution in [0.25, 0.3) is 0 Å². The van der Waals surface area contributed by atoms with Gasteiger partial charge in [-0.1, -0.05) is 11.6 Å². The van der Waals surface area contributed by atoms with Crippen molar-refractivity contribution in [2.45, 2.75) is 12.5 Å². The lowest BCUT2D eigenvalue weighted by Gasteiger charge is -2.21. The van der Waals surface area contributed by atoms with Gasteiger partial charge in [-0.15, -0.1) is 0 Å². The number of halogens is 1. The first-order chi connectivity index (χ1) is 10.1. The number of fused-ring (bicyclic) bond motifs is 1. The van der Waals surface area contributed by atoms with Gasteiger partial charge >= 0.3 is 0 Å². The number of aliphatic hydroxyl groups excluding tert-OH is 1. The number of aliphatic hydroxyl groups is 1. The molecule has 0 radical (unpaired) electrons. The summed E-state index contributed by atoms with van der Waals surface area (Å²) in [7, 11) is 0. The van der Waals surface area contributed by atoms with Gasteiger partial charge in [0.1, 0.15) is 13.2 Å². The van der Waals surface area contributed by atoms with Crippen LogP contribution in [0.4, 0.5) is 5.69 Å². The van der Waals surface area contributed by atoms with Crippen LogP contribution in [0.5, 0.6) is 11.5 Å². The Bertz CT molecular complexity index is 663. The first kappa shape index (κ1) is 14.0. The highest BCUT2D eigenvalue weighted by Crippen LogP contribution is 2.40. The Kier molecular flexibility index (Phi) is 3.86. The summed E-state index contributed by atoms with van der Waals surface area (Å²) in [6.45, 7) is 0.944. The van der Waals surface area contributed by atoms with Crippen LogP contribution >= 0.6 is 11.6 Å². The van der Waals surface area contributed by atoms with Gasteiger partial charge in [0.25, 0.3) is 0 Å². The van der Waals surface area contributed by atoms with Gasteiger partial charge in [-0.2, -0.15) is 0 Å². The third-order valence-corrected chi connectivity index (χ3v) is 3.64. The van der Waals surface area contributed by atoms with E-state index in [4.69, 9.17) is 26.8 Å². The molecule has 2 heterocycles. The van der Waals surface area contributed by atoms with Gasteiger partial charge < -0.3 is 20.3 Å². The van der Waals surface area contributed by atoms with Gasteiger partial charge in [-0.25, -0.2) is 0 Å². The Morgan fingerprint density at radius 3 is 2.95 bits per heavy atom. The second kappa shape index (κ2) is 5.79. The number of ether oxygens (including phenoxy) is 2. The zero-order chi connectivity index (χ0) is 14.8. The number of benzene rings is 1. The van der Waals surface area contributed by atoms with Crippen molar-refractivity contribution < 1.29 is 14.6 Å². The summed E-state index contributed by atoms with van der Waals surface area (Å²) in [5.74, 6) is 1.08. The first-order valence-electron chi connectivity index (χ1n) is 6.60. The molecule has 110 valence electrons. The van der Waals surface area contributed by atoms with E-state index in [1.165, 1.54) is 0 Å². The number of aromatic nitrogens is 1. The molecule has 1 atom stereocenters. The number of anilines is 1. The van der Waals surface area contributed by atoms with Gasteiger partial charge in [-0.3, -0.25) is 4.98 Å². The van der Waals surface area contributed by atoms with Gasteiger partial charge in [0.2, 0.25) is 0 Å². The molecule has 0 saturated heterocycles. The predicted molar refractivity (Wildman–Crippen MR) is 79.8 cm³/mol. The third-order valence-electron chi connectivity index (χ3n) is 3.36. The smallest absolute Gasteiger partial charge is 0.179 e. The van der Waals surface area contributed by atoms with Crippen molar-refractivity contribution in [2.24, 2.45) is 0 Å². The van der Waals surface area contributed by atoms with Crippen LogP contribution in [0.15, 0.2) is 30.6 Å². The molecule has 3 N–H and O–H groups in total. The van der Waals surface area contributed by atoms with Crippen molar-refractivity contribution in [1.29, 1.82) is 0 Å². The van der Waals surface area contributed by atoms with E-state index in [1.54, 1.807) is 30.6 Å². The molecule has 21 heavy (non-hydrogen) atoms. The molecule has 0 amide bonds. The van der Waals surface area contributed by atoms with E-state index >= 15 is 0 Å². The lowest BCUT2D eigenvalue weighted by molar-refractivity contribution is 0.164. The summed E-state index contributed by atoms with van der Waals surface area (Å²) < 4.78 is 11.0. The van der Waals surface area contributed by atoms with E-state index in [9.17, 15) is 5.11 Å². The second-order valence-corrected chi connectivity index (χ2v) is 5.23. The Hall–Kier alpha value is -1.98. The Morgan fingerprint density at radius 2 is 2.14 bits per heavy atom. The number of hydrogen-bond donors (Lipinski definition) is 2. The van der Waals surface area contributed by atoms with E-state index in [-0.39, 0.29) is 0 Å². The average molecular weight is 307 g/mol. The van der Waals surface area contributed by atoms with Crippen molar-refractivity contribution in [2.75, 3.05) is 18.9 Å². The number of pyridine rings is 1. The van der Waals surface area contributed by atoms with Gasteiger partial charge in [0.15, 0.2) is 11.5 Å². The average Bonchev–Trinajstić information content (AvgIpc) is 2.49. The van der Waals surface area contributed by atoms with E-state index in [1.807, 2.05) is 0 Å². The molecule has 2 aromatic rings. The molecular formula is C15H15ClN2O3. The highest BCUT2D eigenvalue weighted by Gasteiger charge is 2.20. The molecule has 1 aromatic heterocycles. The summed E-state index contributed by atoms with van der Waals surface area (Å²) in [6.07, 6.45) is 2.88. The summed E-state index contributed by atoms with van der Waals surface area (Å²) in [6, 6.07) is 5.14. The van der Waals surface area contributed by atoms with Crippen LogP contribution < -0.4 is 15.2 Å². The van der Waals surface area contributed by atoms with Crippen molar-refractivity contribution in [3.63, 3.8) is 0 Å². The second-order valence-electron chi connectivity index (χ2n) is 4.82. The molecule has 0 aliphatic carbocycles. The molecule has 1 aliphatic rings. The molecule has 1 aliphatic heterocycles. The van der Waals surface area contributed by atoms with Crippen LogP contribution in [-0.4, -0.2) is 23.3 Å². The van der Waals surface area contributed by atoms with Crippen molar-refractivity contribution in [3.05, 3.63) is 46.7 Å². The topological polar surface area (TPSA) is 77.6 Å². The molecular weight excluding hydrogens is 292 g/mol.